The highest BCUT2D eigenvalue weighted by Crippen LogP contribution is 2.38. The average Bonchev–Trinajstić information content (AvgIpc) is 3.25. The number of aliphatic hydroxyl groups is 2. The van der Waals surface area contributed by atoms with Crippen molar-refractivity contribution < 1.29 is 33.8 Å². The van der Waals surface area contributed by atoms with Gasteiger partial charge in [-0.3, -0.25) is 23.6 Å². The number of aliphatic hydroxyl groups excluding tert-OH is 2. The van der Waals surface area contributed by atoms with E-state index in [-0.39, 0.29) is 6.54 Å². The van der Waals surface area contributed by atoms with Crippen molar-refractivity contribution in [2.24, 2.45) is 0 Å². The second kappa shape index (κ2) is 8.13. The zero-order valence-electron chi connectivity index (χ0n) is 15.8. The molecule has 3 aromatic rings. The van der Waals surface area contributed by atoms with Crippen molar-refractivity contribution in [3.63, 3.8) is 0 Å². The number of rotatable bonds is 6. The van der Waals surface area contributed by atoms with Gasteiger partial charge in [0.25, 0.3) is 5.56 Å². The molecule has 0 spiro atoms. The first kappa shape index (κ1) is 21.6. The molecule has 0 saturated carbocycles. The molecule has 4 atom stereocenters. The number of aromatic nitrogens is 4. The van der Waals surface area contributed by atoms with Crippen molar-refractivity contribution in [3.05, 3.63) is 63.1 Å². The van der Waals surface area contributed by atoms with Crippen LogP contribution in [-0.4, -0.2) is 64.3 Å². The lowest BCUT2D eigenvalue weighted by Crippen LogP contribution is -2.43. The lowest BCUT2D eigenvalue weighted by atomic mass is 10.1. The summed E-state index contributed by atoms with van der Waals surface area (Å²) in [4.78, 5) is 42.9. The van der Waals surface area contributed by atoms with Crippen LogP contribution < -0.4 is 11.2 Å². The van der Waals surface area contributed by atoms with Gasteiger partial charge in [0.05, 0.1) is 24.4 Å². The van der Waals surface area contributed by atoms with Gasteiger partial charge in [0.15, 0.2) is 6.23 Å². The molecule has 1 aromatic carbocycles. The monoisotopic (exact) mass is 454 g/mol. The molecule has 2 aromatic heterocycles. The molecule has 31 heavy (non-hydrogen) atoms. The maximum Gasteiger partial charge on any atom is 0.469 e. The standard InChI is InChI=1S/C17H19N4O9P/c22-13-5-6-20(16-15(24)14(23)12(30-16)8-29-31(26,27)28)17(25)21(13)7-11-9-3-1-2-4-10(9)18-19-11/h1-6,12,14-16,23-24H,7-8H2,(H,18,19)(H2,26,27,28)/t12-,14+,15+,16-/m1/s1. The van der Waals surface area contributed by atoms with Crippen LogP contribution in [0.25, 0.3) is 10.9 Å². The topological polar surface area (TPSA) is 189 Å². The quantitative estimate of drug-likeness (QED) is 0.279. The number of hydrogen-bond acceptors (Lipinski definition) is 8. The van der Waals surface area contributed by atoms with Crippen LogP contribution in [-0.2, 0) is 20.4 Å². The van der Waals surface area contributed by atoms with Gasteiger partial charge in [0.2, 0.25) is 0 Å². The predicted octanol–water partition coefficient (Wildman–Crippen LogP) is -1.34. The third kappa shape index (κ3) is 4.25. The van der Waals surface area contributed by atoms with Crippen molar-refractivity contribution in [2.75, 3.05) is 6.61 Å². The van der Waals surface area contributed by atoms with Crippen molar-refractivity contribution >= 4 is 18.7 Å². The number of ether oxygens (including phenoxy) is 1. The van der Waals surface area contributed by atoms with E-state index in [4.69, 9.17) is 14.5 Å². The number of phosphoric ester groups is 1. The summed E-state index contributed by atoms with van der Waals surface area (Å²) in [6.07, 6.45) is -4.80. The lowest BCUT2D eigenvalue weighted by Gasteiger charge is -2.18. The molecule has 0 amide bonds. The number of H-pyrrole nitrogens is 1. The zero-order valence-corrected chi connectivity index (χ0v) is 16.7. The summed E-state index contributed by atoms with van der Waals surface area (Å²) in [6.45, 7) is -0.870. The van der Waals surface area contributed by atoms with E-state index in [0.717, 1.165) is 32.3 Å². The van der Waals surface area contributed by atoms with Gasteiger partial charge < -0.3 is 24.7 Å². The van der Waals surface area contributed by atoms with Crippen LogP contribution in [0.2, 0.25) is 0 Å². The number of phosphoric acid groups is 1. The smallest absolute Gasteiger partial charge is 0.387 e. The van der Waals surface area contributed by atoms with E-state index in [1.807, 2.05) is 6.07 Å². The highest BCUT2D eigenvalue weighted by atomic mass is 31.2. The average molecular weight is 454 g/mol. The van der Waals surface area contributed by atoms with Gasteiger partial charge in [-0.1, -0.05) is 18.2 Å². The largest absolute Gasteiger partial charge is 0.469 e. The predicted molar refractivity (Wildman–Crippen MR) is 104 cm³/mol. The summed E-state index contributed by atoms with van der Waals surface area (Å²) in [5, 5.41) is 28.1. The number of fused-ring (bicyclic) bond motifs is 1. The Morgan fingerprint density at radius 2 is 1.90 bits per heavy atom. The number of nitrogens with zero attached hydrogens (tertiary/aromatic N) is 3. The summed E-state index contributed by atoms with van der Waals surface area (Å²) in [5.41, 5.74) is -0.254. The molecule has 1 saturated heterocycles. The summed E-state index contributed by atoms with van der Waals surface area (Å²) in [7, 11) is -4.83. The first-order valence-electron chi connectivity index (χ1n) is 9.11. The van der Waals surface area contributed by atoms with Gasteiger partial charge in [-0.25, -0.2) is 9.36 Å². The van der Waals surface area contributed by atoms with E-state index >= 15 is 0 Å². The molecule has 1 aliphatic rings. The molecule has 0 unspecified atom stereocenters. The Labute approximate surface area is 173 Å². The number of aromatic amines is 1. The minimum Gasteiger partial charge on any atom is -0.387 e. The Morgan fingerprint density at radius 3 is 2.65 bits per heavy atom. The van der Waals surface area contributed by atoms with Crippen LogP contribution in [0.4, 0.5) is 0 Å². The lowest BCUT2D eigenvalue weighted by molar-refractivity contribution is -0.0548. The molecule has 1 aliphatic heterocycles. The normalized spacial score (nSPS) is 24.1. The Morgan fingerprint density at radius 1 is 1.16 bits per heavy atom. The van der Waals surface area contributed by atoms with Gasteiger partial charge >= 0.3 is 13.5 Å². The van der Waals surface area contributed by atoms with Crippen LogP contribution in [0.1, 0.15) is 11.9 Å². The molecule has 166 valence electrons. The van der Waals surface area contributed by atoms with Gasteiger partial charge in [0.1, 0.15) is 18.3 Å². The molecule has 5 N–H and O–H groups in total. The highest BCUT2D eigenvalue weighted by molar-refractivity contribution is 7.46. The van der Waals surface area contributed by atoms with E-state index in [1.165, 1.54) is 0 Å². The SMILES string of the molecule is O=c1ccn([C@@H]2O[C@H](COP(=O)(O)O)[C@H](O)[C@@H]2O)c(=O)n1Cc1n[nH]c2ccccc12. The first-order valence-corrected chi connectivity index (χ1v) is 10.6. The Bertz CT molecular complexity index is 1260. The maximum absolute atomic E-state index is 13.0. The zero-order chi connectivity index (χ0) is 22.3. The molecular formula is C17H19N4O9P. The third-order valence-electron chi connectivity index (χ3n) is 4.97. The Hall–Kier alpha value is -2.64. The molecule has 3 heterocycles. The number of benzene rings is 1. The van der Waals surface area contributed by atoms with E-state index in [2.05, 4.69) is 14.7 Å². The van der Waals surface area contributed by atoms with Crippen LogP contribution in [0.3, 0.4) is 0 Å². The van der Waals surface area contributed by atoms with Crippen molar-refractivity contribution in [3.8, 4) is 0 Å². The Kier molecular flexibility index (Phi) is 5.66. The summed E-state index contributed by atoms with van der Waals surface area (Å²) in [5.74, 6) is 0. The second-order valence-electron chi connectivity index (χ2n) is 6.98. The maximum atomic E-state index is 13.0. The first-order chi connectivity index (χ1) is 14.7. The summed E-state index contributed by atoms with van der Waals surface area (Å²) in [6, 6.07) is 8.27. The van der Waals surface area contributed by atoms with E-state index in [9.17, 15) is 24.4 Å². The molecule has 1 fully saturated rings. The van der Waals surface area contributed by atoms with Gasteiger partial charge in [-0.05, 0) is 6.07 Å². The molecule has 14 heteroatoms. The molecule has 13 nitrogen and oxygen atoms in total. The second-order valence-corrected chi connectivity index (χ2v) is 8.22. The molecule has 4 rings (SSSR count). The molecule has 0 bridgehead atoms. The fourth-order valence-corrected chi connectivity index (χ4v) is 3.77. The third-order valence-corrected chi connectivity index (χ3v) is 5.46. The van der Waals surface area contributed by atoms with Crippen molar-refractivity contribution in [1.82, 2.24) is 19.3 Å². The van der Waals surface area contributed by atoms with Crippen molar-refractivity contribution in [2.45, 2.75) is 31.1 Å². The van der Waals surface area contributed by atoms with Crippen LogP contribution >= 0.6 is 7.82 Å². The van der Waals surface area contributed by atoms with E-state index in [1.54, 1.807) is 18.2 Å². The van der Waals surface area contributed by atoms with Gasteiger partial charge in [-0.2, -0.15) is 5.10 Å². The van der Waals surface area contributed by atoms with E-state index in [0.29, 0.717) is 5.69 Å². The number of nitrogens with one attached hydrogen (secondary N) is 1. The van der Waals surface area contributed by atoms with Gasteiger partial charge in [-0.15, -0.1) is 0 Å². The summed E-state index contributed by atoms with van der Waals surface area (Å²) < 4.78 is 22.4. The summed E-state index contributed by atoms with van der Waals surface area (Å²) >= 11 is 0. The van der Waals surface area contributed by atoms with Crippen LogP contribution in [0, 0.1) is 0 Å². The highest BCUT2D eigenvalue weighted by Gasteiger charge is 2.45. The minimum absolute atomic E-state index is 0.154. The molecule has 0 aliphatic carbocycles. The van der Waals surface area contributed by atoms with Crippen molar-refractivity contribution in [1.29, 1.82) is 0 Å². The molecular weight excluding hydrogens is 435 g/mol. The minimum atomic E-state index is -4.83. The fourth-order valence-electron chi connectivity index (χ4n) is 3.43. The fraction of sp³-hybridized carbons (Fsp3) is 0.353. The van der Waals surface area contributed by atoms with Crippen LogP contribution in [0.15, 0.2) is 46.1 Å². The Balaban J connectivity index is 1.64. The van der Waals surface area contributed by atoms with Crippen LogP contribution in [0.5, 0.6) is 0 Å². The number of para-hydroxylation sites is 1. The molecule has 0 radical (unpaired) electrons. The number of hydrogen-bond donors (Lipinski definition) is 5. The van der Waals surface area contributed by atoms with E-state index < -0.39 is 50.2 Å². The van der Waals surface area contributed by atoms with Gasteiger partial charge in [0, 0.05) is 17.6 Å².